The highest BCUT2D eigenvalue weighted by Gasteiger charge is 2.36. The van der Waals surface area contributed by atoms with Gasteiger partial charge in [0.2, 0.25) is 5.91 Å². The van der Waals surface area contributed by atoms with Gasteiger partial charge in [-0.25, -0.2) is 0 Å². The minimum Gasteiger partial charge on any atom is -0.492 e. The van der Waals surface area contributed by atoms with E-state index in [1.165, 1.54) is 0 Å². The van der Waals surface area contributed by atoms with Crippen molar-refractivity contribution in [1.29, 1.82) is 0 Å². The molecule has 1 fully saturated rings. The van der Waals surface area contributed by atoms with E-state index in [9.17, 15) is 9.59 Å². The fraction of sp³-hybridized carbons (Fsp3) is 0.529. The largest absolute Gasteiger partial charge is 0.492 e. The van der Waals surface area contributed by atoms with E-state index in [4.69, 9.17) is 10.5 Å². The first kappa shape index (κ1) is 14.9. The summed E-state index contributed by atoms with van der Waals surface area (Å²) in [5.74, 6) is 0.581. The van der Waals surface area contributed by atoms with E-state index in [0.29, 0.717) is 31.7 Å². The molecule has 0 bridgehead atoms. The van der Waals surface area contributed by atoms with Crippen LogP contribution in [0.3, 0.4) is 0 Å². The van der Waals surface area contributed by atoms with Gasteiger partial charge in [-0.3, -0.25) is 9.59 Å². The first-order valence-electron chi connectivity index (χ1n) is 7.72. The van der Waals surface area contributed by atoms with Gasteiger partial charge in [0.15, 0.2) is 0 Å². The molecular formula is C17H22N2O3. The Balaban J connectivity index is 1.80. The Hall–Kier alpha value is -2.04. The van der Waals surface area contributed by atoms with Gasteiger partial charge in [-0.1, -0.05) is 26.0 Å². The predicted molar refractivity (Wildman–Crippen MR) is 82.8 cm³/mol. The summed E-state index contributed by atoms with van der Waals surface area (Å²) in [6.45, 7) is 6.09. The topological polar surface area (TPSA) is 72.6 Å². The second-order valence-electron chi connectivity index (χ2n) is 6.93. The van der Waals surface area contributed by atoms with E-state index in [-0.39, 0.29) is 23.1 Å². The van der Waals surface area contributed by atoms with Crippen LogP contribution in [-0.4, -0.2) is 36.4 Å². The Bertz CT molecular complexity index is 624. The van der Waals surface area contributed by atoms with Crippen LogP contribution < -0.4 is 10.5 Å². The molecule has 1 saturated heterocycles. The number of para-hydroxylation sites is 1. The first-order valence-corrected chi connectivity index (χ1v) is 7.72. The molecule has 1 aromatic carbocycles. The number of ether oxygens (including phenoxy) is 1. The molecule has 1 atom stereocenters. The first-order chi connectivity index (χ1) is 10.4. The molecule has 3 rings (SSSR count). The highest BCUT2D eigenvalue weighted by atomic mass is 16.5. The number of nitrogens with two attached hydrogens (primary N) is 1. The van der Waals surface area contributed by atoms with Crippen LogP contribution in [0.2, 0.25) is 0 Å². The molecule has 2 heterocycles. The molecule has 0 radical (unpaired) electrons. The summed E-state index contributed by atoms with van der Waals surface area (Å²) >= 11 is 0. The number of amides is 2. The van der Waals surface area contributed by atoms with Crippen molar-refractivity contribution in [2.45, 2.75) is 32.1 Å². The Labute approximate surface area is 130 Å². The minimum atomic E-state index is -0.301. The zero-order chi connectivity index (χ0) is 15.9. The minimum absolute atomic E-state index is 0.0125. The number of rotatable bonds is 3. The van der Waals surface area contributed by atoms with Gasteiger partial charge in [-0.15, -0.1) is 0 Å². The van der Waals surface area contributed by atoms with Crippen LogP contribution in [0.1, 0.15) is 42.6 Å². The van der Waals surface area contributed by atoms with Gasteiger partial charge >= 0.3 is 0 Å². The number of benzene rings is 1. The third-order valence-electron chi connectivity index (χ3n) is 4.61. The summed E-state index contributed by atoms with van der Waals surface area (Å²) in [4.78, 5) is 25.6. The summed E-state index contributed by atoms with van der Waals surface area (Å²) in [5.41, 5.74) is 6.90. The summed E-state index contributed by atoms with van der Waals surface area (Å²) in [6.07, 6.45) is 1.18. The van der Waals surface area contributed by atoms with Crippen molar-refractivity contribution >= 4 is 11.8 Å². The molecule has 5 heteroatoms. The number of primary amides is 1. The lowest BCUT2D eigenvalue weighted by Crippen LogP contribution is -2.29. The predicted octanol–water partition coefficient (Wildman–Crippen LogP) is 1.69. The summed E-state index contributed by atoms with van der Waals surface area (Å²) in [7, 11) is 0. The average molecular weight is 302 g/mol. The van der Waals surface area contributed by atoms with Crippen LogP contribution in [0, 0.1) is 5.92 Å². The Kier molecular flexibility index (Phi) is 3.59. The van der Waals surface area contributed by atoms with Crippen LogP contribution in [0.25, 0.3) is 0 Å². The zero-order valence-corrected chi connectivity index (χ0v) is 13.1. The third-order valence-corrected chi connectivity index (χ3v) is 4.61. The van der Waals surface area contributed by atoms with Gasteiger partial charge in [0.05, 0.1) is 12.2 Å². The second-order valence-corrected chi connectivity index (χ2v) is 6.93. The molecule has 1 aromatic rings. The average Bonchev–Trinajstić information content (AvgIpc) is 3.03. The van der Waals surface area contributed by atoms with Crippen molar-refractivity contribution in [3.8, 4) is 5.75 Å². The highest BCUT2D eigenvalue weighted by Crippen LogP contribution is 2.41. The SMILES string of the molecule is CC1(C)COc2c(C(=O)N3CCC(CC(N)=O)C3)cccc21. The van der Waals surface area contributed by atoms with Gasteiger partial charge in [0.1, 0.15) is 5.75 Å². The molecule has 1 unspecified atom stereocenters. The number of hydrogen-bond acceptors (Lipinski definition) is 3. The summed E-state index contributed by atoms with van der Waals surface area (Å²) in [6, 6.07) is 5.77. The van der Waals surface area contributed by atoms with Crippen molar-refractivity contribution < 1.29 is 14.3 Å². The van der Waals surface area contributed by atoms with Gasteiger partial charge in [-0.2, -0.15) is 0 Å². The van der Waals surface area contributed by atoms with E-state index < -0.39 is 0 Å². The van der Waals surface area contributed by atoms with E-state index >= 15 is 0 Å². The van der Waals surface area contributed by atoms with Crippen LogP contribution in [0.5, 0.6) is 5.75 Å². The Morgan fingerprint density at radius 1 is 1.41 bits per heavy atom. The Morgan fingerprint density at radius 3 is 2.91 bits per heavy atom. The van der Waals surface area contributed by atoms with Crippen molar-refractivity contribution in [3.05, 3.63) is 29.3 Å². The fourth-order valence-corrected chi connectivity index (χ4v) is 3.36. The molecule has 0 spiro atoms. The van der Waals surface area contributed by atoms with E-state index in [2.05, 4.69) is 13.8 Å². The van der Waals surface area contributed by atoms with Gasteiger partial charge in [0, 0.05) is 30.5 Å². The van der Waals surface area contributed by atoms with Crippen LogP contribution >= 0.6 is 0 Å². The second kappa shape index (κ2) is 5.30. The molecule has 118 valence electrons. The standard InChI is InChI=1S/C17H22N2O3/c1-17(2)10-22-15-12(4-3-5-13(15)17)16(21)19-7-6-11(9-19)8-14(18)20/h3-5,11H,6-10H2,1-2H3,(H2,18,20). The van der Waals surface area contributed by atoms with Crippen molar-refractivity contribution in [2.75, 3.05) is 19.7 Å². The van der Waals surface area contributed by atoms with Crippen molar-refractivity contribution in [1.82, 2.24) is 4.90 Å². The Morgan fingerprint density at radius 2 is 2.18 bits per heavy atom. The van der Waals surface area contributed by atoms with Crippen LogP contribution in [0.4, 0.5) is 0 Å². The fourth-order valence-electron chi connectivity index (χ4n) is 3.36. The smallest absolute Gasteiger partial charge is 0.257 e. The molecular weight excluding hydrogens is 280 g/mol. The van der Waals surface area contributed by atoms with Crippen LogP contribution in [0.15, 0.2) is 18.2 Å². The number of carbonyl (C=O) groups excluding carboxylic acids is 2. The molecule has 5 nitrogen and oxygen atoms in total. The third kappa shape index (κ3) is 2.56. The zero-order valence-electron chi connectivity index (χ0n) is 13.1. The van der Waals surface area contributed by atoms with Crippen molar-refractivity contribution in [2.24, 2.45) is 11.7 Å². The maximum atomic E-state index is 12.8. The van der Waals surface area contributed by atoms with E-state index in [1.807, 2.05) is 18.2 Å². The van der Waals surface area contributed by atoms with Crippen molar-refractivity contribution in [3.63, 3.8) is 0 Å². The van der Waals surface area contributed by atoms with E-state index in [1.54, 1.807) is 4.90 Å². The molecule has 22 heavy (non-hydrogen) atoms. The number of hydrogen-bond donors (Lipinski definition) is 1. The van der Waals surface area contributed by atoms with Gasteiger partial charge < -0.3 is 15.4 Å². The van der Waals surface area contributed by atoms with E-state index in [0.717, 1.165) is 17.7 Å². The lowest BCUT2D eigenvalue weighted by molar-refractivity contribution is -0.118. The maximum absolute atomic E-state index is 12.8. The molecule has 2 N–H and O–H groups in total. The number of fused-ring (bicyclic) bond motifs is 1. The summed E-state index contributed by atoms with van der Waals surface area (Å²) < 4.78 is 5.80. The normalized spacial score (nSPS) is 22.3. The molecule has 2 aliphatic rings. The lowest BCUT2D eigenvalue weighted by atomic mass is 9.86. The quantitative estimate of drug-likeness (QED) is 0.923. The lowest BCUT2D eigenvalue weighted by Gasteiger charge is -2.18. The number of likely N-dealkylation sites (tertiary alicyclic amines) is 1. The molecule has 0 saturated carbocycles. The molecule has 0 aliphatic carbocycles. The van der Waals surface area contributed by atoms with Crippen LogP contribution in [-0.2, 0) is 10.2 Å². The number of nitrogens with zero attached hydrogens (tertiary/aromatic N) is 1. The molecule has 2 aliphatic heterocycles. The summed E-state index contributed by atoms with van der Waals surface area (Å²) in [5, 5.41) is 0. The van der Waals surface area contributed by atoms with Gasteiger partial charge in [-0.05, 0) is 18.4 Å². The maximum Gasteiger partial charge on any atom is 0.257 e. The molecule has 0 aromatic heterocycles. The highest BCUT2D eigenvalue weighted by molar-refractivity contribution is 5.98. The van der Waals surface area contributed by atoms with Gasteiger partial charge in [0.25, 0.3) is 5.91 Å². The number of carbonyl (C=O) groups is 2. The monoisotopic (exact) mass is 302 g/mol. The molecule has 2 amide bonds.